The maximum atomic E-state index is 15.3. The van der Waals surface area contributed by atoms with E-state index in [0.717, 1.165) is 34.4 Å². The second kappa shape index (κ2) is 57.6. The van der Waals surface area contributed by atoms with Crippen LogP contribution < -0.4 is 108 Å². The molecule has 1 fully saturated rings. The fourth-order valence-corrected chi connectivity index (χ4v) is 16.9. The molecular weight excluding hydrogens is 1840 g/mol. The Kier molecular flexibility index (Phi) is 47.7. The van der Waals surface area contributed by atoms with Gasteiger partial charge in [0.2, 0.25) is 94.5 Å². The van der Waals surface area contributed by atoms with Gasteiger partial charge in [-0.25, -0.2) is 4.98 Å². The number of amides is 16. The van der Waals surface area contributed by atoms with Gasteiger partial charge in [0, 0.05) is 109 Å². The van der Waals surface area contributed by atoms with Crippen LogP contribution in [0.25, 0.3) is 21.8 Å². The average Bonchev–Trinajstić information content (AvgIpc) is 1.62. The van der Waals surface area contributed by atoms with E-state index >= 15 is 19.2 Å². The number of carbonyl (C=O) groups excluding carboxylic acids is 16. The molecule has 49 heteroatoms. The Balaban J connectivity index is 1.41. The van der Waals surface area contributed by atoms with Crippen molar-refractivity contribution < 1.29 is 106 Å². The van der Waals surface area contributed by atoms with Crippen molar-refractivity contribution >= 4 is 150 Å². The Bertz CT molecular complexity index is 4960. The van der Waals surface area contributed by atoms with Gasteiger partial charge < -0.3 is 142 Å². The van der Waals surface area contributed by atoms with Crippen molar-refractivity contribution in [2.24, 2.45) is 36.1 Å². The number of aromatic amines is 2. The molecule has 3 aromatic heterocycles. The summed E-state index contributed by atoms with van der Waals surface area (Å²) < 4.78 is 12.8. The standard InChI is InChI=1S/C89H137N25O22S2/c1-12-48(5)73(102-51(8)116)87(134)111-66-45-138-137-44-65(84(131)113-74(50(7)115)85(132)95-31-32-135-33-34-136-43-70(119)103-58(75(91)122)24-18-19-30-100-89(9,10)13-2)110-78(125)59(25-20-29-96-88(92)93)104-81(128)63(37-54-40-94-46-99-54)106-76(123)49(6)101-69(118)41-98-77(124)61(35-52-39-97-57-23-16-14-21-55(52)57)107-82(129)64(38-71(120)121)108-79(126)60(27-28-68(90)117)105-80(127)62(109-86(133)72(47(3)4)112-83(66)130)36-53-42-114(11)67-26-17-15-22-56(53)67/h14-17,21-23,26,39-40,42,46-50,58-66,72-74,80,97,100,105,115,127H,12-13,18-20,24-25,27-38,41,43-45H2,1-11H3,(H2,90,117)(H2,91,122)(H,94,99)(H,95,132)(H,98,124)(H,101,118)(H,102,116)(H,103,119)(H,104,128)(H,106,123)(H,107,129)(H,108,126)(H,109,133)(H,110,125)(H,111,134)(H,112,130)(H,113,131)(H,120,121)(H4,92,93,96)/t48-,49-,50+,58-,59-,60?,61-,62-,63-,64-,65-,66-,72-,73-,74-,80?/m0/s1. The van der Waals surface area contributed by atoms with Crippen molar-refractivity contribution in [1.82, 2.24) is 110 Å². The van der Waals surface area contributed by atoms with Gasteiger partial charge in [0.25, 0.3) is 0 Å². The van der Waals surface area contributed by atoms with E-state index in [4.69, 9.17) is 32.1 Å². The van der Waals surface area contributed by atoms with Crippen molar-refractivity contribution in [3.8, 4) is 0 Å². The van der Waals surface area contributed by atoms with Gasteiger partial charge in [0.05, 0.1) is 57.3 Å². The van der Waals surface area contributed by atoms with Crippen molar-refractivity contribution in [3.05, 3.63) is 90.3 Å². The van der Waals surface area contributed by atoms with E-state index < -0.39 is 253 Å². The van der Waals surface area contributed by atoms with Gasteiger partial charge in [-0.2, -0.15) is 0 Å². The van der Waals surface area contributed by atoms with Gasteiger partial charge in [-0.15, -0.1) is 0 Å². The molecule has 0 spiro atoms. The second-order valence-electron chi connectivity index (χ2n) is 34.8. The molecular formula is C89H137N25O22S2. The predicted octanol–water partition coefficient (Wildman–Crippen LogP) is -4.27. The molecule has 0 aliphatic carbocycles. The lowest BCUT2D eigenvalue weighted by molar-refractivity contribution is -0.141. The summed E-state index contributed by atoms with van der Waals surface area (Å²) in [7, 11) is 3.37. The molecule has 2 aromatic carbocycles. The van der Waals surface area contributed by atoms with Gasteiger partial charge in [-0.1, -0.05) is 99.0 Å². The fraction of sp³-hybridized carbons (Fsp3) is 0.584. The second-order valence-corrected chi connectivity index (χ2v) is 37.4. The van der Waals surface area contributed by atoms with E-state index in [2.05, 4.69) is 126 Å². The van der Waals surface area contributed by atoms with E-state index in [1.165, 1.54) is 39.5 Å². The molecule has 4 heterocycles. The number of aryl methyl sites for hydroxylation is 1. The summed E-state index contributed by atoms with van der Waals surface area (Å²) in [6.45, 7) is 15.0. The van der Waals surface area contributed by atoms with Gasteiger partial charge in [-0.3, -0.25) is 92.2 Å². The number of aromatic nitrogens is 4. The number of aliphatic hydroxyl groups excluding tert-OH is 2. The number of nitrogens with two attached hydrogens (primary N) is 3. The average molecular weight is 1970 g/mol. The van der Waals surface area contributed by atoms with Crippen LogP contribution in [0.4, 0.5) is 0 Å². The number of ether oxygens (including phenoxy) is 2. The third-order valence-corrected chi connectivity index (χ3v) is 25.3. The summed E-state index contributed by atoms with van der Waals surface area (Å²) in [4.78, 5) is 250. The number of H-pyrrole nitrogens is 2. The zero-order chi connectivity index (χ0) is 102. The maximum absolute atomic E-state index is 15.3. The molecule has 29 N–H and O–H groups in total. The minimum absolute atomic E-state index is 0.0383. The lowest BCUT2D eigenvalue weighted by Crippen LogP contribution is -2.62. The Morgan fingerprint density at radius 1 is 0.659 bits per heavy atom. The Morgan fingerprint density at radius 2 is 1.31 bits per heavy atom. The smallest absolute Gasteiger partial charge is 0.305 e. The number of benzene rings is 2. The van der Waals surface area contributed by atoms with Crippen LogP contribution in [0, 0.1) is 17.2 Å². The minimum atomic E-state index is -2.05. The topological polar surface area (TPSA) is 725 Å². The highest BCUT2D eigenvalue weighted by molar-refractivity contribution is 8.76. The monoisotopic (exact) mass is 1970 g/mol. The number of nitrogens with one attached hydrogen (secondary N) is 20. The first kappa shape index (κ1) is 114. The molecule has 0 radical (unpaired) electrons. The SMILES string of the molecule is CC[C@H](C)[C@H](NC(C)=O)C(=O)N[C@H]1CSSC[C@@H](C(=O)N[C@H](C(=O)NCCOCCOCC(=O)N[C@@H](CCCCNC(C)(C)CC)C(N)=O)[C@@H](C)O)NC(=O)[C@H](CCCNC(=N)N)NC(=O)[C@H](Cc2cnc[nH]2)NC(=O)[C@H](C)NC(=O)CNC(=O)[C@H](Cc2c[nH]c3ccccc23)NC(=O)[C@H](CC(=O)O)NC(=O)C(CCC(N)=O)NC(O)[C@H](Cc2cn(C)c3ccccc23)NC(=O)[C@H](C(C)C)NC1=O. The molecule has 762 valence electrons. The van der Waals surface area contributed by atoms with E-state index in [9.17, 15) is 77.6 Å². The van der Waals surface area contributed by atoms with Crippen LogP contribution in [-0.2, 0) is 117 Å². The summed E-state index contributed by atoms with van der Waals surface area (Å²) in [5, 5.41) is 88.0. The molecule has 47 nitrogen and oxygen atoms in total. The van der Waals surface area contributed by atoms with E-state index in [1.807, 2.05) is 0 Å². The summed E-state index contributed by atoms with van der Waals surface area (Å²) in [5.74, 6) is -20.0. The van der Waals surface area contributed by atoms with Crippen LogP contribution in [0.15, 0.2) is 73.4 Å². The molecule has 0 saturated carbocycles. The highest BCUT2D eigenvalue weighted by Crippen LogP contribution is 2.27. The van der Waals surface area contributed by atoms with Crippen LogP contribution in [0.3, 0.4) is 0 Å². The summed E-state index contributed by atoms with van der Waals surface area (Å²) >= 11 is 0. The first-order valence-corrected chi connectivity index (χ1v) is 48.2. The highest BCUT2D eigenvalue weighted by Gasteiger charge is 2.40. The summed E-state index contributed by atoms with van der Waals surface area (Å²) in [5.41, 5.74) is 19.3. The third-order valence-electron chi connectivity index (χ3n) is 22.9. The normalized spacial score (nSPS) is 21.6. The molecule has 1 aliphatic heterocycles. The number of rotatable bonds is 42. The molecule has 6 rings (SSSR count). The van der Waals surface area contributed by atoms with E-state index in [1.54, 1.807) is 94.0 Å². The number of hydrogen-bond donors (Lipinski definition) is 26. The third kappa shape index (κ3) is 38.8. The number of aliphatic carboxylic acids is 1. The molecule has 16 amide bonds. The fourth-order valence-electron chi connectivity index (χ4n) is 14.5. The number of primary amides is 2. The quantitative estimate of drug-likeness (QED) is 0.00761. The van der Waals surface area contributed by atoms with Gasteiger partial charge in [0.15, 0.2) is 5.96 Å². The first-order valence-electron chi connectivity index (χ1n) is 45.7. The van der Waals surface area contributed by atoms with Gasteiger partial charge in [-0.05, 0) is 121 Å². The number of carboxylic acids is 1. The van der Waals surface area contributed by atoms with Crippen LogP contribution >= 0.6 is 21.6 Å². The minimum Gasteiger partial charge on any atom is -0.481 e. The number of guanidine groups is 1. The Labute approximate surface area is 807 Å². The van der Waals surface area contributed by atoms with Crippen molar-refractivity contribution in [3.63, 3.8) is 0 Å². The Morgan fingerprint density at radius 3 is 1.97 bits per heavy atom. The van der Waals surface area contributed by atoms with Crippen molar-refractivity contribution in [2.45, 2.75) is 249 Å². The number of carboxylic acid groups (broad SMARTS) is 1. The summed E-state index contributed by atoms with van der Waals surface area (Å²) in [6.07, 6.45) is 1.43. The molecule has 1 aliphatic rings. The highest BCUT2D eigenvalue weighted by atomic mass is 33.1. The van der Waals surface area contributed by atoms with Crippen LogP contribution in [0.2, 0.25) is 0 Å². The van der Waals surface area contributed by atoms with Crippen LogP contribution in [0.5, 0.6) is 0 Å². The van der Waals surface area contributed by atoms with E-state index in [0.29, 0.717) is 58.7 Å². The molecule has 2 unspecified atom stereocenters. The number of carbonyl (C=O) groups is 17. The number of nitrogens with zero attached hydrogens (tertiary/aromatic N) is 2. The van der Waals surface area contributed by atoms with E-state index in [-0.39, 0.29) is 76.2 Å². The lowest BCUT2D eigenvalue weighted by atomic mass is 9.97. The van der Waals surface area contributed by atoms with Crippen molar-refractivity contribution in [2.75, 3.05) is 64.1 Å². The number of hydrogen-bond acceptors (Lipinski definition) is 27. The molecule has 0 bridgehead atoms. The molecule has 1 saturated heterocycles. The zero-order valence-corrected chi connectivity index (χ0v) is 81.2. The van der Waals surface area contributed by atoms with Gasteiger partial charge in [0.1, 0.15) is 79.3 Å². The maximum Gasteiger partial charge on any atom is 0.305 e. The van der Waals surface area contributed by atoms with Crippen LogP contribution in [-0.4, -0.2) is 302 Å². The van der Waals surface area contributed by atoms with Crippen LogP contribution in [0.1, 0.15) is 150 Å². The van der Waals surface area contributed by atoms with Gasteiger partial charge >= 0.3 is 5.97 Å². The number of para-hydroxylation sites is 2. The Hall–Kier alpha value is -12.6. The molecule has 16 atom stereocenters. The zero-order valence-electron chi connectivity index (χ0n) is 79.5. The molecule has 138 heavy (non-hydrogen) atoms. The lowest BCUT2D eigenvalue weighted by Gasteiger charge is -2.32. The summed E-state index contributed by atoms with van der Waals surface area (Å²) in [6, 6.07) is -7.01. The van der Waals surface area contributed by atoms with Crippen molar-refractivity contribution in [1.29, 1.82) is 5.41 Å². The first-order chi connectivity index (χ1) is 65.4. The number of fused-ring (bicyclic) bond motifs is 2. The predicted molar refractivity (Wildman–Crippen MR) is 512 cm³/mol. The number of imidazole rings is 1. The number of aliphatic hydroxyl groups is 2. The number of unbranched alkanes of at least 4 members (excludes halogenated alkanes) is 1. The largest absolute Gasteiger partial charge is 0.481 e. The molecule has 5 aromatic rings.